The highest BCUT2D eigenvalue weighted by Crippen LogP contribution is 2.65. The Labute approximate surface area is 203 Å². The van der Waals surface area contributed by atoms with E-state index in [1.165, 1.54) is 25.1 Å². The smallest absolute Gasteiger partial charge is 0.251 e. The summed E-state index contributed by atoms with van der Waals surface area (Å²) in [7, 11) is 0. The number of benzene rings is 1. The normalized spacial score (nSPS) is 34.5. The van der Waals surface area contributed by atoms with Crippen molar-refractivity contribution in [2.45, 2.75) is 67.7 Å². The lowest BCUT2D eigenvalue weighted by Crippen LogP contribution is -2.78. The SMILES string of the molecule is N#Cc1cc(C(=O)N[C@H]2CCC3(O)C4Cc5ccc(O)c6c5[C@]3(CCN4CC3CC3)[C@@H]2O6)ccn1. The molecule has 5 atom stereocenters. The van der Waals surface area contributed by atoms with Crippen LogP contribution in [0.3, 0.4) is 0 Å². The Morgan fingerprint density at radius 3 is 2.94 bits per heavy atom. The minimum absolute atomic E-state index is 0.000906. The van der Waals surface area contributed by atoms with E-state index >= 15 is 0 Å². The number of likely N-dealkylation sites (tertiary alicyclic amines) is 1. The quantitative estimate of drug-likeness (QED) is 0.623. The number of hydrogen-bond acceptors (Lipinski definition) is 7. The van der Waals surface area contributed by atoms with Crippen molar-refractivity contribution in [3.8, 4) is 17.6 Å². The van der Waals surface area contributed by atoms with Crippen LogP contribution in [0.2, 0.25) is 0 Å². The van der Waals surface area contributed by atoms with Crippen LogP contribution in [0.15, 0.2) is 30.5 Å². The molecule has 1 aromatic heterocycles. The molecule has 2 unspecified atom stereocenters. The minimum atomic E-state index is -0.983. The zero-order chi connectivity index (χ0) is 23.9. The Morgan fingerprint density at radius 2 is 2.14 bits per heavy atom. The second kappa shape index (κ2) is 7.19. The third kappa shape index (κ3) is 2.79. The predicted molar refractivity (Wildman–Crippen MR) is 125 cm³/mol. The molecule has 0 radical (unpaired) electrons. The molecule has 8 heteroatoms. The van der Waals surface area contributed by atoms with E-state index < -0.39 is 17.1 Å². The topological polar surface area (TPSA) is 119 Å². The fraction of sp³-hybridized carbons (Fsp3) is 0.519. The summed E-state index contributed by atoms with van der Waals surface area (Å²) in [5.41, 5.74) is 0.979. The van der Waals surface area contributed by atoms with Gasteiger partial charge in [0, 0.05) is 29.9 Å². The van der Waals surface area contributed by atoms with Gasteiger partial charge in [-0.1, -0.05) is 6.07 Å². The largest absolute Gasteiger partial charge is 0.504 e. The number of phenols is 1. The van der Waals surface area contributed by atoms with Crippen molar-refractivity contribution in [3.63, 3.8) is 0 Å². The molecule has 2 saturated carbocycles. The molecule has 1 aromatic carbocycles. The maximum Gasteiger partial charge on any atom is 0.251 e. The van der Waals surface area contributed by atoms with Crippen LogP contribution in [0.4, 0.5) is 0 Å². The number of carbonyl (C=O) groups excluding carboxylic acids is 1. The number of aliphatic hydroxyl groups is 1. The Bertz CT molecular complexity index is 1290. The fourth-order valence-corrected chi connectivity index (χ4v) is 7.51. The van der Waals surface area contributed by atoms with E-state index in [0.29, 0.717) is 24.2 Å². The highest BCUT2D eigenvalue weighted by atomic mass is 16.5. The number of nitriles is 1. The Hall–Kier alpha value is -3.15. The summed E-state index contributed by atoms with van der Waals surface area (Å²) in [6.07, 6.45) is 6.11. The van der Waals surface area contributed by atoms with E-state index in [0.717, 1.165) is 43.0 Å². The first-order valence-corrected chi connectivity index (χ1v) is 12.6. The van der Waals surface area contributed by atoms with Crippen LogP contribution in [0, 0.1) is 17.2 Å². The van der Waals surface area contributed by atoms with Gasteiger partial charge in [0.2, 0.25) is 0 Å². The molecule has 1 spiro atoms. The molecular weight excluding hydrogens is 444 g/mol. The lowest BCUT2D eigenvalue weighted by molar-refractivity contribution is -0.191. The van der Waals surface area contributed by atoms with Crippen LogP contribution in [0.5, 0.6) is 11.5 Å². The van der Waals surface area contributed by atoms with E-state index in [1.54, 1.807) is 12.1 Å². The number of pyridine rings is 1. The third-order valence-electron chi connectivity index (χ3n) is 9.22. The molecule has 5 aliphatic rings. The molecule has 3 heterocycles. The molecule has 3 N–H and O–H groups in total. The number of aromatic hydroxyl groups is 1. The Balaban J connectivity index is 1.28. The summed E-state index contributed by atoms with van der Waals surface area (Å²) in [4.78, 5) is 19.6. The number of aromatic nitrogens is 1. The molecular formula is C27H28N4O4. The van der Waals surface area contributed by atoms with Crippen LogP contribution in [-0.4, -0.2) is 62.9 Å². The van der Waals surface area contributed by atoms with Gasteiger partial charge in [-0.25, -0.2) is 4.98 Å². The van der Waals surface area contributed by atoms with Crippen LogP contribution in [0.25, 0.3) is 0 Å². The molecule has 2 aliphatic heterocycles. The van der Waals surface area contributed by atoms with Crippen molar-refractivity contribution in [2.75, 3.05) is 13.1 Å². The van der Waals surface area contributed by atoms with Gasteiger partial charge in [-0.3, -0.25) is 9.69 Å². The van der Waals surface area contributed by atoms with Gasteiger partial charge in [0.1, 0.15) is 17.9 Å². The summed E-state index contributed by atoms with van der Waals surface area (Å²) >= 11 is 0. The van der Waals surface area contributed by atoms with E-state index in [-0.39, 0.29) is 29.4 Å². The lowest BCUT2D eigenvalue weighted by Gasteiger charge is -2.64. The number of nitrogens with one attached hydrogen (secondary N) is 1. The molecule has 1 amide bonds. The number of nitrogens with zero attached hydrogens (tertiary/aromatic N) is 3. The number of hydrogen-bond donors (Lipinski definition) is 3. The predicted octanol–water partition coefficient (Wildman–Crippen LogP) is 2.02. The van der Waals surface area contributed by atoms with Crippen LogP contribution >= 0.6 is 0 Å². The Morgan fingerprint density at radius 1 is 1.29 bits per heavy atom. The molecule has 3 aliphatic carbocycles. The summed E-state index contributed by atoms with van der Waals surface area (Å²) in [6.45, 7) is 1.90. The van der Waals surface area contributed by atoms with Crippen molar-refractivity contribution >= 4 is 5.91 Å². The zero-order valence-corrected chi connectivity index (χ0v) is 19.4. The van der Waals surface area contributed by atoms with Gasteiger partial charge >= 0.3 is 0 Å². The number of ether oxygens (including phenoxy) is 1. The highest BCUT2D eigenvalue weighted by molar-refractivity contribution is 5.94. The fourth-order valence-electron chi connectivity index (χ4n) is 7.51. The van der Waals surface area contributed by atoms with Crippen molar-refractivity contribution in [1.82, 2.24) is 15.2 Å². The van der Waals surface area contributed by atoms with Gasteiger partial charge in [0.05, 0.1) is 17.1 Å². The minimum Gasteiger partial charge on any atom is -0.504 e. The standard InChI is InChI=1S/C27H28N4O4/c28-13-18-11-17(6-9-29-18)25(33)30-19-5-7-27(34)21-12-16-3-4-20(32)23-22(16)26(27,24(19)35-23)8-10-31(21)14-15-1-2-15/h3-4,6,9,11,15,19,21,24,32,34H,1-2,5,7-8,10,12,14H2,(H,30,33)/t19-,21?,24+,26+,27?/m0/s1. The van der Waals surface area contributed by atoms with Gasteiger partial charge < -0.3 is 20.3 Å². The van der Waals surface area contributed by atoms with Gasteiger partial charge in [0.15, 0.2) is 11.5 Å². The molecule has 35 heavy (non-hydrogen) atoms. The van der Waals surface area contributed by atoms with E-state index in [1.807, 2.05) is 12.1 Å². The number of carbonyl (C=O) groups is 1. The summed E-state index contributed by atoms with van der Waals surface area (Å²) < 4.78 is 6.49. The van der Waals surface area contributed by atoms with Gasteiger partial charge in [-0.05, 0) is 74.8 Å². The first-order chi connectivity index (χ1) is 16.9. The van der Waals surface area contributed by atoms with E-state index in [9.17, 15) is 15.0 Å². The van der Waals surface area contributed by atoms with Gasteiger partial charge in [-0.15, -0.1) is 0 Å². The molecule has 180 valence electrons. The average Bonchev–Trinajstić information content (AvgIpc) is 3.61. The monoisotopic (exact) mass is 472 g/mol. The molecule has 3 fully saturated rings. The zero-order valence-electron chi connectivity index (χ0n) is 19.4. The van der Waals surface area contributed by atoms with Crippen molar-refractivity contribution in [3.05, 3.63) is 52.8 Å². The van der Waals surface area contributed by atoms with Gasteiger partial charge in [0.25, 0.3) is 5.91 Å². The van der Waals surface area contributed by atoms with Crippen molar-refractivity contribution < 1.29 is 19.7 Å². The van der Waals surface area contributed by atoms with Crippen LogP contribution in [0.1, 0.15) is 59.3 Å². The summed E-state index contributed by atoms with van der Waals surface area (Å²) in [6, 6.07) is 8.39. The van der Waals surface area contributed by atoms with E-state index in [2.05, 4.69) is 15.2 Å². The van der Waals surface area contributed by atoms with Gasteiger partial charge in [-0.2, -0.15) is 5.26 Å². The maximum absolute atomic E-state index is 13.2. The number of piperidine rings is 1. The highest BCUT2D eigenvalue weighted by Gasteiger charge is 2.73. The summed E-state index contributed by atoms with van der Waals surface area (Å²) in [5, 5.41) is 35.5. The number of rotatable bonds is 4. The lowest BCUT2D eigenvalue weighted by atomic mass is 9.48. The Kier molecular flexibility index (Phi) is 4.34. The van der Waals surface area contributed by atoms with Crippen LogP contribution < -0.4 is 10.1 Å². The number of amides is 1. The van der Waals surface area contributed by atoms with E-state index in [4.69, 9.17) is 10.00 Å². The second-order valence-corrected chi connectivity index (χ2v) is 11.0. The summed E-state index contributed by atoms with van der Waals surface area (Å²) in [5.74, 6) is 0.996. The third-order valence-corrected chi connectivity index (χ3v) is 9.22. The molecule has 1 saturated heterocycles. The molecule has 8 nitrogen and oxygen atoms in total. The first kappa shape index (κ1) is 21.2. The number of phenolic OH excluding ortho intramolecular Hbond substituents is 1. The van der Waals surface area contributed by atoms with Crippen molar-refractivity contribution in [1.29, 1.82) is 5.26 Å². The molecule has 2 bridgehead atoms. The molecule has 7 rings (SSSR count). The molecule has 2 aromatic rings. The maximum atomic E-state index is 13.2. The van der Waals surface area contributed by atoms with Crippen LogP contribution in [-0.2, 0) is 11.8 Å². The van der Waals surface area contributed by atoms with Crippen molar-refractivity contribution in [2.24, 2.45) is 5.92 Å². The average molecular weight is 473 g/mol. The second-order valence-electron chi connectivity index (χ2n) is 11.0. The first-order valence-electron chi connectivity index (χ1n) is 12.6.